The van der Waals surface area contributed by atoms with Crippen molar-refractivity contribution in [2.75, 3.05) is 25.6 Å². The van der Waals surface area contributed by atoms with Crippen molar-refractivity contribution < 1.29 is 4.21 Å². The van der Waals surface area contributed by atoms with Gasteiger partial charge >= 0.3 is 0 Å². The maximum atomic E-state index is 11.2. The topological polar surface area (TPSA) is 20.3 Å². The van der Waals surface area contributed by atoms with Gasteiger partial charge in [-0.15, -0.1) is 0 Å². The molecule has 0 unspecified atom stereocenters. The Hall–Kier alpha value is 0.110. The van der Waals surface area contributed by atoms with Gasteiger partial charge in [-0.05, 0) is 32.7 Å². The highest BCUT2D eigenvalue weighted by Gasteiger charge is 2.17. The summed E-state index contributed by atoms with van der Waals surface area (Å²) in [5, 5.41) is 0. The average Bonchev–Trinajstić information content (AvgIpc) is 2.45. The molecule has 96 valence electrons. The van der Waals surface area contributed by atoms with Crippen molar-refractivity contribution in [2.24, 2.45) is 5.92 Å². The summed E-state index contributed by atoms with van der Waals surface area (Å²) in [6, 6.07) is 0.453. The zero-order chi connectivity index (χ0) is 12.0. The zero-order valence-corrected chi connectivity index (χ0v) is 11.9. The molecule has 0 aliphatic heterocycles. The van der Waals surface area contributed by atoms with E-state index >= 15 is 0 Å². The van der Waals surface area contributed by atoms with E-state index in [0.29, 0.717) is 6.04 Å². The second-order valence-corrected chi connectivity index (χ2v) is 6.87. The van der Waals surface area contributed by atoms with Crippen LogP contribution in [0.15, 0.2) is 0 Å². The van der Waals surface area contributed by atoms with Crippen molar-refractivity contribution in [1.29, 1.82) is 0 Å². The van der Waals surface area contributed by atoms with E-state index in [1.54, 1.807) is 6.26 Å². The van der Waals surface area contributed by atoms with Gasteiger partial charge in [0.05, 0.1) is 0 Å². The molecule has 1 fully saturated rings. The van der Waals surface area contributed by atoms with Crippen molar-refractivity contribution in [3.8, 4) is 0 Å². The van der Waals surface area contributed by atoms with E-state index in [0.717, 1.165) is 11.7 Å². The number of hydrogen-bond donors (Lipinski definition) is 0. The molecule has 1 saturated carbocycles. The van der Waals surface area contributed by atoms with Crippen LogP contribution in [0.3, 0.4) is 0 Å². The predicted octanol–water partition coefficient (Wildman–Crippen LogP) is 2.66. The van der Waals surface area contributed by atoms with Crippen LogP contribution in [-0.2, 0) is 10.8 Å². The fourth-order valence-corrected chi connectivity index (χ4v) is 3.53. The molecule has 2 nitrogen and oxygen atoms in total. The normalized spacial score (nSPS) is 23.0. The summed E-state index contributed by atoms with van der Waals surface area (Å²) in [4.78, 5) is 2.40. The van der Waals surface area contributed by atoms with Gasteiger partial charge in [-0.1, -0.05) is 25.7 Å². The van der Waals surface area contributed by atoms with Gasteiger partial charge in [-0.2, -0.15) is 0 Å². The summed E-state index contributed by atoms with van der Waals surface area (Å²) in [5.41, 5.74) is 0. The zero-order valence-electron chi connectivity index (χ0n) is 11.1. The van der Waals surface area contributed by atoms with Gasteiger partial charge in [0.15, 0.2) is 0 Å². The van der Waals surface area contributed by atoms with Crippen LogP contribution in [0.2, 0.25) is 0 Å². The van der Waals surface area contributed by atoms with E-state index in [9.17, 15) is 4.21 Å². The monoisotopic (exact) mass is 245 g/mol. The van der Waals surface area contributed by atoms with Crippen molar-refractivity contribution in [3.05, 3.63) is 0 Å². The molecular formula is C13H27NOS. The van der Waals surface area contributed by atoms with Crippen LogP contribution in [-0.4, -0.2) is 40.8 Å². The van der Waals surface area contributed by atoms with E-state index < -0.39 is 10.8 Å². The number of nitrogens with zero attached hydrogens (tertiary/aromatic N) is 1. The molecule has 0 N–H and O–H groups in total. The molecule has 0 amide bonds. The summed E-state index contributed by atoms with van der Waals surface area (Å²) < 4.78 is 11.2. The van der Waals surface area contributed by atoms with Crippen molar-refractivity contribution in [3.63, 3.8) is 0 Å². The molecule has 0 aromatic rings. The van der Waals surface area contributed by atoms with Gasteiger partial charge in [0.2, 0.25) is 0 Å². The number of hydrogen-bond acceptors (Lipinski definition) is 2. The molecule has 0 saturated heterocycles. The van der Waals surface area contributed by atoms with Crippen LogP contribution in [0.1, 0.15) is 45.4 Å². The third-order valence-electron chi connectivity index (χ3n) is 3.75. The van der Waals surface area contributed by atoms with Gasteiger partial charge in [0.25, 0.3) is 0 Å². The molecule has 0 aromatic heterocycles. The molecule has 2 atom stereocenters. The summed E-state index contributed by atoms with van der Waals surface area (Å²) >= 11 is 0. The molecule has 0 spiro atoms. The van der Waals surface area contributed by atoms with E-state index in [-0.39, 0.29) is 0 Å². The fourth-order valence-electron chi connectivity index (χ4n) is 2.60. The largest absolute Gasteiger partial charge is 0.303 e. The van der Waals surface area contributed by atoms with Crippen LogP contribution in [0, 0.1) is 5.92 Å². The first kappa shape index (κ1) is 14.2. The minimum Gasteiger partial charge on any atom is -0.303 e. The Morgan fingerprint density at radius 3 is 2.31 bits per heavy atom. The predicted molar refractivity (Wildman–Crippen MR) is 72.2 cm³/mol. The van der Waals surface area contributed by atoms with Crippen molar-refractivity contribution in [1.82, 2.24) is 4.90 Å². The van der Waals surface area contributed by atoms with Crippen LogP contribution in [0.4, 0.5) is 0 Å². The second-order valence-electron chi connectivity index (χ2n) is 5.39. The Labute approximate surface area is 103 Å². The van der Waals surface area contributed by atoms with Crippen LogP contribution >= 0.6 is 0 Å². The standard InChI is InChI=1S/C13H27NOS/c1-12(11-16(3)15)14(2)10-13-8-6-4-5-7-9-13/h12-13H,4-11H2,1-3H3/t12-,16-/m0/s1. The number of rotatable bonds is 5. The van der Waals surface area contributed by atoms with Crippen LogP contribution < -0.4 is 0 Å². The lowest BCUT2D eigenvalue weighted by Gasteiger charge is -2.28. The Morgan fingerprint density at radius 1 is 1.25 bits per heavy atom. The average molecular weight is 245 g/mol. The highest BCUT2D eigenvalue weighted by Crippen LogP contribution is 2.23. The van der Waals surface area contributed by atoms with Gasteiger partial charge in [-0.25, -0.2) is 0 Å². The smallest absolute Gasteiger partial charge is 0.0385 e. The molecule has 3 heteroatoms. The summed E-state index contributed by atoms with van der Waals surface area (Å²) in [6.45, 7) is 3.39. The maximum Gasteiger partial charge on any atom is 0.0385 e. The first-order chi connectivity index (χ1) is 7.59. The molecule has 0 radical (unpaired) electrons. The summed E-state index contributed by atoms with van der Waals surface area (Å²) in [5.74, 6) is 1.68. The van der Waals surface area contributed by atoms with Gasteiger partial charge in [0, 0.05) is 35.4 Å². The minimum atomic E-state index is -0.668. The molecule has 0 heterocycles. The molecule has 1 rings (SSSR count). The van der Waals surface area contributed by atoms with Gasteiger partial charge in [-0.3, -0.25) is 4.21 Å². The first-order valence-corrected chi connectivity index (χ1v) is 8.32. The van der Waals surface area contributed by atoms with E-state index in [1.165, 1.54) is 45.1 Å². The Morgan fingerprint density at radius 2 is 1.81 bits per heavy atom. The Kier molecular flexibility index (Phi) is 6.59. The van der Waals surface area contributed by atoms with Crippen LogP contribution in [0.5, 0.6) is 0 Å². The van der Waals surface area contributed by atoms with Crippen LogP contribution in [0.25, 0.3) is 0 Å². The molecule has 0 aromatic carbocycles. The fraction of sp³-hybridized carbons (Fsp3) is 1.00. The first-order valence-electron chi connectivity index (χ1n) is 6.60. The lowest BCUT2D eigenvalue weighted by Crippen LogP contribution is -2.36. The summed E-state index contributed by atoms with van der Waals surface area (Å²) in [6.07, 6.45) is 10.3. The molecule has 16 heavy (non-hydrogen) atoms. The maximum absolute atomic E-state index is 11.2. The lowest BCUT2D eigenvalue weighted by molar-refractivity contribution is 0.220. The molecule has 1 aliphatic carbocycles. The Bertz CT molecular complexity index is 212. The lowest BCUT2D eigenvalue weighted by atomic mass is 9.99. The van der Waals surface area contributed by atoms with Crippen molar-refractivity contribution in [2.45, 2.75) is 51.5 Å². The summed E-state index contributed by atoms with van der Waals surface area (Å²) in [7, 11) is 1.52. The van der Waals surface area contributed by atoms with E-state index in [2.05, 4.69) is 18.9 Å². The highest BCUT2D eigenvalue weighted by molar-refractivity contribution is 7.84. The Balaban J connectivity index is 2.30. The quantitative estimate of drug-likeness (QED) is 0.694. The molecule has 1 aliphatic rings. The molecular weight excluding hydrogens is 218 g/mol. The van der Waals surface area contributed by atoms with E-state index in [1.807, 2.05) is 0 Å². The van der Waals surface area contributed by atoms with E-state index in [4.69, 9.17) is 0 Å². The second kappa shape index (κ2) is 7.44. The third kappa shape index (κ3) is 5.44. The van der Waals surface area contributed by atoms with Gasteiger partial charge < -0.3 is 4.90 Å². The van der Waals surface area contributed by atoms with Gasteiger partial charge in [0.1, 0.15) is 0 Å². The van der Waals surface area contributed by atoms with Crippen molar-refractivity contribution >= 4 is 10.8 Å². The SMILES string of the molecule is C[C@@H](C[S@](C)=O)N(C)CC1CCCCCC1. The minimum absolute atomic E-state index is 0.453. The highest BCUT2D eigenvalue weighted by atomic mass is 32.2. The third-order valence-corrected chi connectivity index (χ3v) is 4.70. The molecule has 0 bridgehead atoms.